The molecule has 114 valence electrons. The Labute approximate surface area is 129 Å². The van der Waals surface area contributed by atoms with Crippen molar-refractivity contribution >= 4 is 28.2 Å². The maximum atomic E-state index is 6.04. The van der Waals surface area contributed by atoms with Gasteiger partial charge in [0.25, 0.3) is 0 Å². The van der Waals surface area contributed by atoms with Crippen molar-refractivity contribution in [3.8, 4) is 0 Å². The van der Waals surface area contributed by atoms with E-state index in [4.69, 9.17) is 16.4 Å². The van der Waals surface area contributed by atoms with Crippen LogP contribution in [0.1, 0.15) is 25.0 Å². The van der Waals surface area contributed by atoms with E-state index in [1.54, 1.807) is 13.8 Å². The lowest BCUT2D eigenvalue weighted by atomic mass is 10.1. The molecule has 21 heavy (non-hydrogen) atoms. The molecule has 0 unspecified atom stereocenters. The highest BCUT2D eigenvalue weighted by Gasteiger charge is 2.08. The van der Waals surface area contributed by atoms with Crippen molar-refractivity contribution in [3.63, 3.8) is 0 Å². The standard InChI is InChI=1S/C14H18ClN3O3/c1-10(16-19-3)11(2)17-21-9-12-7-5-6-8-13(12)14(15)18-20-4/h5-8H,9H2,1-4H3. The SMILES string of the molecule is CON=C(C)C(C)=NOCc1ccccc1C(Cl)=NOC. The molecule has 0 aromatic heterocycles. The Hall–Kier alpha value is -2.08. The van der Waals surface area contributed by atoms with Crippen LogP contribution in [0.4, 0.5) is 0 Å². The van der Waals surface area contributed by atoms with Gasteiger partial charge in [0.05, 0.1) is 0 Å². The van der Waals surface area contributed by atoms with Gasteiger partial charge in [0.15, 0.2) is 5.17 Å². The lowest BCUT2D eigenvalue weighted by molar-refractivity contribution is 0.130. The van der Waals surface area contributed by atoms with Crippen molar-refractivity contribution in [2.75, 3.05) is 14.2 Å². The van der Waals surface area contributed by atoms with Crippen LogP contribution in [0.3, 0.4) is 0 Å². The number of halogens is 1. The molecule has 0 radical (unpaired) electrons. The monoisotopic (exact) mass is 311 g/mol. The second-order valence-corrected chi connectivity index (χ2v) is 4.39. The number of nitrogens with zero attached hydrogens (tertiary/aromatic N) is 3. The summed E-state index contributed by atoms with van der Waals surface area (Å²) in [6.45, 7) is 3.81. The minimum Gasteiger partial charge on any atom is -0.399 e. The van der Waals surface area contributed by atoms with Gasteiger partial charge in [-0.25, -0.2) is 0 Å². The molecule has 0 spiro atoms. The molecule has 0 saturated carbocycles. The lowest BCUT2D eigenvalue weighted by Gasteiger charge is -2.07. The maximum absolute atomic E-state index is 6.04. The fourth-order valence-electron chi connectivity index (χ4n) is 1.44. The molecule has 0 saturated heterocycles. The van der Waals surface area contributed by atoms with Crippen LogP contribution in [-0.2, 0) is 21.1 Å². The Bertz CT molecular complexity index is 556. The van der Waals surface area contributed by atoms with Gasteiger partial charge in [-0.05, 0) is 13.8 Å². The van der Waals surface area contributed by atoms with E-state index >= 15 is 0 Å². The van der Waals surface area contributed by atoms with Crippen LogP contribution in [-0.4, -0.2) is 30.8 Å². The molecule has 1 rings (SSSR count). The minimum absolute atomic E-state index is 0.253. The van der Waals surface area contributed by atoms with Crippen molar-refractivity contribution in [3.05, 3.63) is 35.4 Å². The van der Waals surface area contributed by atoms with Gasteiger partial charge in [-0.15, -0.1) is 0 Å². The van der Waals surface area contributed by atoms with Crippen molar-refractivity contribution < 1.29 is 14.5 Å². The Balaban J connectivity index is 2.79. The van der Waals surface area contributed by atoms with Crippen LogP contribution in [0.2, 0.25) is 0 Å². The first-order valence-corrected chi connectivity index (χ1v) is 6.57. The van der Waals surface area contributed by atoms with E-state index in [0.717, 1.165) is 11.1 Å². The molecule has 1 aromatic rings. The smallest absolute Gasteiger partial charge is 0.175 e. The summed E-state index contributed by atoms with van der Waals surface area (Å²) in [5, 5.41) is 11.7. The van der Waals surface area contributed by atoms with Gasteiger partial charge in [-0.1, -0.05) is 51.3 Å². The molecule has 0 heterocycles. The summed E-state index contributed by atoms with van der Waals surface area (Å²) in [6, 6.07) is 7.45. The summed E-state index contributed by atoms with van der Waals surface area (Å²) < 4.78 is 0. The second kappa shape index (κ2) is 8.97. The first-order valence-electron chi connectivity index (χ1n) is 6.19. The highest BCUT2D eigenvalue weighted by molar-refractivity contribution is 6.69. The zero-order valence-corrected chi connectivity index (χ0v) is 13.2. The van der Waals surface area contributed by atoms with E-state index < -0.39 is 0 Å². The van der Waals surface area contributed by atoms with Crippen LogP contribution >= 0.6 is 11.6 Å². The third-order valence-corrected chi connectivity index (χ3v) is 2.86. The highest BCUT2D eigenvalue weighted by atomic mass is 35.5. The molecule has 0 bridgehead atoms. The summed E-state index contributed by atoms with van der Waals surface area (Å²) in [7, 11) is 2.91. The van der Waals surface area contributed by atoms with Gasteiger partial charge in [0, 0.05) is 11.1 Å². The highest BCUT2D eigenvalue weighted by Crippen LogP contribution is 2.14. The maximum Gasteiger partial charge on any atom is 0.175 e. The largest absolute Gasteiger partial charge is 0.399 e. The Morgan fingerprint density at radius 2 is 1.62 bits per heavy atom. The molecule has 0 aliphatic heterocycles. The normalized spacial score (nSPS) is 13.1. The average Bonchev–Trinajstić information content (AvgIpc) is 2.48. The van der Waals surface area contributed by atoms with Crippen LogP contribution in [0.15, 0.2) is 39.7 Å². The van der Waals surface area contributed by atoms with E-state index in [-0.39, 0.29) is 11.8 Å². The third-order valence-electron chi connectivity index (χ3n) is 2.58. The zero-order chi connectivity index (χ0) is 15.7. The molecule has 0 fully saturated rings. The third kappa shape index (κ3) is 5.43. The van der Waals surface area contributed by atoms with Gasteiger partial charge in [-0.2, -0.15) is 0 Å². The van der Waals surface area contributed by atoms with E-state index in [9.17, 15) is 0 Å². The fraction of sp³-hybridized carbons (Fsp3) is 0.357. The van der Waals surface area contributed by atoms with E-state index in [2.05, 4.69) is 25.1 Å². The average molecular weight is 312 g/mol. The van der Waals surface area contributed by atoms with Gasteiger partial charge in [0.1, 0.15) is 32.2 Å². The number of hydrogen-bond acceptors (Lipinski definition) is 6. The first kappa shape index (κ1) is 17.0. The Morgan fingerprint density at radius 3 is 2.29 bits per heavy atom. The molecule has 1 aromatic carbocycles. The van der Waals surface area contributed by atoms with E-state index in [1.807, 2.05) is 24.3 Å². The van der Waals surface area contributed by atoms with Crippen molar-refractivity contribution in [2.24, 2.45) is 15.5 Å². The van der Waals surface area contributed by atoms with Crippen molar-refractivity contribution in [1.29, 1.82) is 0 Å². The van der Waals surface area contributed by atoms with Crippen molar-refractivity contribution in [1.82, 2.24) is 0 Å². The van der Waals surface area contributed by atoms with Gasteiger partial charge in [-0.3, -0.25) is 0 Å². The fourth-order valence-corrected chi connectivity index (χ4v) is 1.70. The van der Waals surface area contributed by atoms with E-state index in [1.165, 1.54) is 14.2 Å². The van der Waals surface area contributed by atoms with Crippen molar-refractivity contribution in [2.45, 2.75) is 20.5 Å². The van der Waals surface area contributed by atoms with Gasteiger partial charge >= 0.3 is 0 Å². The lowest BCUT2D eigenvalue weighted by Crippen LogP contribution is -2.07. The summed E-state index contributed by atoms with van der Waals surface area (Å²) >= 11 is 6.04. The Kier molecular flexibility index (Phi) is 7.25. The molecule has 0 atom stereocenters. The van der Waals surface area contributed by atoms with Crippen LogP contribution in [0.5, 0.6) is 0 Å². The summed E-state index contributed by atoms with van der Waals surface area (Å²) in [4.78, 5) is 14.7. The number of oxime groups is 3. The number of benzene rings is 1. The molecule has 7 heteroatoms. The second-order valence-electron chi connectivity index (χ2n) is 4.03. The molecule has 6 nitrogen and oxygen atoms in total. The van der Waals surface area contributed by atoms with Gasteiger partial charge in [0.2, 0.25) is 0 Å². The molecular weight excluding hydrogens is 294 g/mol. The van der Waals surface area contributed by atoms with Crippen LogP contribution in [0.25, 0.3) is 0 Å². The van der Waals surface area contributed by atoms with E-state index in [0.29, 0.717) is 11.4 Å². The summed E-state index contributed by atoms with van der Waals surface area (Å²) in [6.07, 6.45) is 0. The topological polar surface area (TPSA) is 64.8 Å². The predicted octanol–water partition coefficient (Wildman–Crippen LogP) is 3.15. The quantitative estimate of drug-likeness (QED) is 0.574. The van der Waals surface area contributed by atoms with Crippen LogP contribution < -0.4 is 0 Å². The van der Waals surface area contributed by atoms with Gasteiger partial charge < -0.3 is 14.5 Å². The minimum atomic E-state index is 0.253. The number of hydrogen-bond donors (Lipinski definition) is 0. The summed E-state index contributed by atoms with van der Waals surface area (Å²) in [5.41, 5.74) is 2.85. The van der Waals surface area contributed by atoms with Crippen LogP contribution in [0, 0.1) is 0 Å². The molecule has 0 aliphatic carbocycles. The first-order chi connectivity index (χ1) is 10.1. The Morgan fingerprint density at radius 1 is 1.00 bits per heavy atom. The molecule has 0 N–H and O–H groups in total. The molecule has 0 amide bonds. The molecular formula is C14H18ClN3O3. The zero-order valence-electron chi connectivity index (χ0n) is 12.5. The number of rotatable bonds is 7. The molecule has 0 aliphatic rings. The summed E-state index contributed by atoms with van der Waals surface area (Å²) in [5.74, 6) is 0. The predicted molar refractivity (Wildman–Crippen MR) is 83.9 cm³/mol.